The fraction of sp³-hybridized carbons (Fsp3) is 0. The zero-order valence-electron chi connectivity index (χ0n) is 10.6. The maximum absolute atomic E-state index is 12.1. The summed E-state index contributed by atoms with van der Waals surface area (Å²) in [6.45, 7) is 0. The number of sulfonamides is 1. The Morgan fingerprint density at radius 2 is 1.67 bits per heavy atom. The Morgan fingerprint density at radius 3 is 2.24 bits per heavy atom. The predicted molar refractivity (Wildman–Crippen MR) is 77.9 cm³/mol. The van der Waals surface area contributed by atoms with Gasteiger partial charge in [-0.05, 0) is 24.3 Å². The van der Waals surface area contributed by atoms with Crippen LogP contribution in [-0.2, 0) is 10.0 Å². The van der Waals surface area contributed by atoms with Gasteiger partial charge in [-0.15, -0.1) is 0 Å². The molecule has 1 amide bonds. The second-order valence-corrected chi connectivity index (χ2v) is 6.16. The van der Waals surface area contributed by atoms with E-state index in [0.29, 0.717) is 11.8 Å². The Balaban J connectivity index is 2.26. The third kappa shape index (κ3) is 3.48. The van der Waals surface area contributed by atoms with Gasteiger partial charge in [0.1, 0.15) is 11.2 Å². The summed E-state index contributed by atoms with van der Waals surface area (Å²) in [7, 11) is -4.06. The molecule has 1 N–H and O–H groups in total. The van der Waals surface area contributed by atoms with Crippen LogP contribution in [0.1, 0.15) is 20.7 Å². The molecule has 0 aliphatic carbocycles. The number of carbonyl (C=O) groups is 2. The van der Waals surface area contributed by atoms with Gasteiger partial charge in [0.25, 0.3) is 15.9 Å². The van der Waals surface area contributed by atoms with E-state index in [9.17, 15) is 18.0 Å². The zero-order valence-corrected chi connectivity index (χ0v) is 12.2. The van der Waals surface area contributed by atoms with Gasteiger partial charge in [-0.2, -0.15) is 0 Å². The molecule has 0 saturated carbocycles. The first kappa shape index (κ1) is 15.2. The number of nitrogens with one attached hydrogen (secondary N) is 1. The van der Waals surface area contributed by atoms with Crippen molar-refractivity contribution in [1.82, 2.24) is 4.72 Å². The molecule has 0 bridgehead atoms. The summed E-state index contributed by atoms with van der Waals surface area (Å²) in [5, 5.41) is 0.0223. The molecule has 0 aromatic heterocycles. The lowest BCUT2D eigenvalue weighted by Gasteiger charge is -2.08. The van der Waals surface area contributed by atoms with Crippen molar-refractivity contribution in [2.45, 2.75) is 4.90 Å². The van der Waals surface area contributed by atoms with Crippen LogP contribution in [0.25, 0.3) is 0 Å². The highest BCUT2D eigenvalue weighted by Crippen LogP contribution is 2.20. The van der Waals surface area contributed by atoms with Gasteiger partial charge in [0.2, 0.25) is 0 Å². The lowest BCUT2D eigenvalue weighted by atomic mass is 10.1. The van der Waals surface area contributed by atoms with E-state index >= 15 is 0 Å². The number of hydrogen-bond acceptors (Lipinski definition) is 4. The van der Waals surface area contributed by atoms with Gasteiger partial charge in [0.15, 0.2) is 0 Å². The van der Waals surface area contributed by atoms with E-state index in [0.717, 1.165) is 0 Å². The maximum Gasteiger partial charge on any atom is 0.265 e. The minimum absolute atomic E-state index is 0.0223. The number of carbonyl (C=O) groups excluding carboxylic acids is 2. The minimum atomic E-state index is -4.06. The average molecular weight is 324 g/mol. The largest absolute Gasteiger partial charge is 0.298 e. The van der Waals surface area contributed by atoms with Crippen LogP contribution < -0.4 is 4.72 Å². The lowest BCUT2D eigenvalue weighted by molar-refractivity contribution is 0.0980. The molecule has 0 saturated heterocycles. The fourth-order valence-corrected chi connectivity index (χ4v) is 3.11. The van der Waals surface area contributed by atoms with Crippen molar-refractivity contribution >= 4 is 33.8 Å². The van der Waals surface area contributed by atoms with E-state index in [1.165, 1.54) is 42.5 Å². The van der Waals surface area contributed by atoms with Crippen LogP contribution >= 0.6 is 11.6 Å². The van der Waals surface area contributed by atoms with Crippen LogP contribution in [0.2, 0.25) is 5.02 Å². The number of hydrogen-bond donors (Lipinski definition) is 1. The van der Waals surface area contributed by atoms with Gasteiger partial charge < -0.3 is 0 Å². The smallest absolute Gasteiger partial charge is 0.265 e. The molecule has 0 aliphatic heterocycles. The van der Waals surface area contributed by atoms with E-state index in [1.807, 2.05) is 4.72 Å². The molecular formula is C14H10ClNO4S. The maximum atomic E-state index is 12.1. The molecule has 0 spiro atoms. The zero-order chi connectivity index (χ0) is 15.5. The Morgan fingerprint density at radius 1 is 1.05 bits per heavy atom. The van der Waals surface area contributed by atoms with E-state index in [2.05, 4.69) is 0 Å². The van der Waals surface area contributed by atoms with Crippen molar-refractivity contribution in [3.63, 3.8) is 0 Å². The molecule has 0 unspecified atom stereocenters. The standard InChI is InChI=1S/C14H10ClNO4S/c15-12-3-1-2-4-13(12)21(19,20)16-14(18)11-7-5-10(9-17)6-8-11/h1-9H,(H,16,18). The van der Waals surface area contributed by atoms with Crippen molar-refractivity contribution in [3.05, 3.63) is 64.7 Å². The molecular weight excluding hydrogens is 314 g/mol. The molecule has 2 aromatic rings. The van der Waals surface area contributed by atoms with Crippen molar-refractivity contribution in [2.75, 3.05) is 0 Å². The third-order valence-corrected chi connectivity index (χ3v) is 4.49. The first-order valence-electron chi connectivity index (χ1n) is 5.81. The van der Waals surface area contributed by atoms with E-state index in [-0.39, 0.29) is 15.5 Å². The number of aldehydes is 1. The Bertz CT molecular complexity index is 785. The van der Waals surface area contributed by atoms with Gasteiger partial charge in [0, 0.05) is 11.1 Å². The van der Waals surface area contributed by atoms with Gasteiger partial charge in [-0.1, -0.05) is 35.9 Å². The molecule has 0 heterocycles. The molecule has 0 fully saturated rings. The molecule has 0 aliphatic rings. The summed E-state index contributed by atoms with van der Waals surface area (Å²) in [5.74, 6) is -0.799. The second kappa shape index (κ2) is 6.07. The van der Waals surface area contributed by atoms with Crippen molar-refractivity contribution in [3.8, 4) is 0 Å². The summed E-state index contributed by atoms with van der Waals surface area (Å²) in [4.78, 5) is 22.3. The SMILES string of the molecule is O=Cc1ccc(C(=O)NS(=O)(=O)c2ccccc2Cl)cc1. The summed E-state index contributed by atoms with van der Waals surface area (Å²) in [6, 6.07) is 11.4. The van der Waals surface area contributed by atoms with Crippen LogP contribution in [0, 0.1) is 0 Å². The van der Waals surface area contributed by atoms with Gasteiger partial charge >= 0.3 is 0 Å². The van der Waals surface area contributed by atoms with E-state index in [4.69, 9.17) is 11.6 Å². The van der Waals surface area contributed by atoms with Gasteiger partial charge in [-0.3, -0.25) is 9.59 Å². The van der Waals surface area contributed by atoms with Crippen molar-refractivity contribution in [2.24, 2.45) is 0 Å². The van der Waals surface area contributed by atoms with Crippen LogP contribution in [0.4, 0.5) is 0 Å². The first-order valence-corrected chi connectivity index (χ1v) is 7.67. The highest BCUT2D eigenvalue weighted by Gasteiger charge is 2.21. The minimum Gasteiger partial charge on any atom is -0.298 e. The van der Waals surface area contributed by atoms with E-state index in [1.54, 1.807) is 6.07 Å². The number of amides is 1. The Labute approximate surface area is 126 Å². The average Bonchev–Trinajstić information content (AvgIpc) is 2.47. The Kier molecular flexibility index (Phi) is 4.40. The molecule has 21 heavy (non-hydrogen) atoms. The molecule has 7 heteroatoms. The predicted octanol–water partition coefficient (Wildman–Crippen LogP) is 2.27. The van der Waals surface area contributed by atoms with Crippen molar-refractivity contribution < 1.29 is 18.0 Å². The van der Waals surface area contributed by atoms with Crippen LogP contribution in [0.5, 0.6) is 0 Å². The summed E-state index contributed by atoms with van der Waals surface area (Å²) in [5.41, 5.74) is 0.511. The highest BCUT2D eigenvalue weighted by molar-refractivity contribution is 7.90. The fourth-order valence-electron chi connectivity index (χ4n) is 1.61. The molecule has 0 atom stereocenters. The summed E-state index contributed by atoms with van der Waals surface area (Å²) in [6.07, 6.45) is 0.627. The molecule has 108 valence electrons. The lowest BCUT2D eigenvalue weighted by Crippen LogP contribution is -2.30. The second-order valence-electron chi connectivity index (χ2n) is 4.10. The summed E-state index contributed by atoms with van der Waals surface area (Å²) >= 11 is 5.81. The van der Waals surface area contributed by atoms with Crippen LogP contribution in [-0.4, -0.2) is 20.6 Å². The van der Waals surface area contributed by atoms with Crippen LogP contribution in [0.3, 0.4) is 0 Å². The summed E-state index contributed by atoms with van der Waals surface area (Å²) < 4.78 is 26.1. The topological polar surface area (TPSA) is 80.3 Å². The monoisotopic (exact) mass is 323 g/mol. The molecule has 2 rings (SSSR count). The van der Waals surface area contributed by atoms with Gasteiger partial charge in [0.05, 0.1) is 5.02 Å². The third-order valence-electron chi connectivity index (χ3n) is 2.66. The molecule has 0 radical (unpaired) electrons. The van der Waals surface area contributed by atoms with Gasteiger partial charge in [-0.25, -0.2) is 13.1 Å². The number of halogens is 1. The molecule has 5 nitrogen and oxygen atoms in total. The molecule has 2 aromatic carbocycles. The number of benzene rings is 2. The quantitative estimate of drug-likeness (QED) is 0.875. The Hall–Kier alpha value is -2.18. The van der Waals surface area contributed by atoms with Crippen LogP contribution in [0.15, 0.2) is 53.4 Å². The number of rotatable bonds is 4. The normalized spacial score (nSPS) is 10.9. The highest BCUT2D eigenvalue weighted by atomic mass is 35.5. The van der Waals surface area contributed by atoms with E-state index < -0.39 is 15.9 Å². The first-order chi connectivity index (χ1) is 9.94. The van der Waals surface area contributed by atoms with Crippen molar-refractivity contribution in [1.29, 1.82) is 0 Å².